The maximum atomic E-state index is 6.05. The van der Waals surface area contributed by atoms with Crippen LogP contribution in [0.15, 0.2) is 11.3 Å². The van der Waals surface area contributed by atoms with E-state index in [1.165, 1.54) is 6.42 Å². The average Bonchev–Trinajstić information content (AvgIpc) is 3.02. The molecule has 1 aliphatic heterocycles. The fraction of sp³-hybridized carbons (Fsp3) is 0.824. The zero-order valence-corrected chi connectivity index (χ0v) is 18.4. The average molecular weight is 464 g/mol. The largest absolute Gasteiger partial charge is 0.377 e. The molecule has 0 amide bonds. The highest BCUT2D eigenvalue weighted by Gasteiger charge is 2.35. The second-order valence-corrected chi connectivity index (χ2v) is 7.40. The van der Waals surface area contributed by atoms with Crippen molar-refractivity contribution in [3.63, 3.8) is 0 Å². The fourth-order valence-electron chi connectivity index (χ4n) is 3.30. The van der Waals surface area contributed by atoms with Gasteiger partial charge in [0.2, 0.25) is 0 Å². The Morgan fingerprint density at radius 1 is 1.40 bits per heavy atom. The third kappa shape index (κ3) is 6.40. The molecule has 2 rings (SSSR count). The topological polar surface area (TPSA) is 76.4 Å². The molecule has 0 radical (unpaired) electrons. The smallest absolute Gasteiger partial charge is 0.191 e. The molecule has 8 heteroatoms. The maximum Gasteiger partial charge on any atom is 0.191 e. The van der Waals surface area contributed by atoms with Crippen molar-refractivity contribution < 1.29 is 4.74 Å². The van der Waals surface area contributed by atoms with Gasteiger partial charge in [-0.2, -0.15) is 0 Å². The van der Waals surface area contributed by atoms with Crippen LogP contribution in [0.2, 0.25) is 0 Å². The quantitative estimate of drug-likeness (QED) is 0.398. The molecule has 1 aliphatic rings. The van der Waals surface area contributed by atoms with Crippen molar-refractivity contribution >= 4 is 29.9 Å². The molecule has 2 unspecified atom stereocenters. The summed E-state index contributed by atoms with van der Waals surface area (Å²) in [6.45, 7) is 12.0. The molecule has 1 aromatic rings. The Morgan fingerprint density at radius 2 is 2.16 bits per heavy atom. The Labute approximate surface area is 168 Å². The van der Waals surface area contributed by atoms with E-state index in [9.17, 15) is 0 Å². The van der Waals surface area contributed by atoms with Crippen molar-refractivity contribution in [3.8, 4) is 0 Å². The van der Waals surface area contributed by atoms with Crippen molar-refractivity contribution in [2.45, 2.75) is 59.7 Å². The van der Waals surface area contributed by atoms with Gasteiger partial charge < -0.3 is 19.9 Å². The van der Waals surface area contributed by atoms with E-state index in [0.29, 0.717) is 12.5 Å². The molecule has 1 aromatic heterocycles. The van der Waals surface area contributed by atoms with Gasteiger partial charge in [0.15, 0.2) is 11.8 Å². The number of ether oxygens (including phenoxy) is 1. The second-order valence-electron chi connectivity index (χ2n) is 7.40. The van der Waals surface area contributed by atoms with Crippen LogP contribution < -0.4 is 10.6 Å². The second kappa shape index (κ2) is 10.3. The van der Waals surface area contributed by atoms with Crippen LogP contribution in [-0.4, -0.2) is 47.0 Å². The number of nitrogens with one attached hydrogen (secondary N) is 2. The molecular weight excluding hydrogens is 431 g/mol. The molecule has 2 atom stereocenters. The van der Waals surface area contributed by atoms with E-state index in [1.54, 1.807) is 13.4 Å². The van der Waals surface area contributed by atoms with E-state index in [2.05, 4.69) is 53.5 Å². The van der Waals surface area contributed by atoms with Gasteiger partial charge in [-0.1, -0.05) is 20.8 Å². The summed E-state index contributed by atoms with van der Waals surface area (Å²) in [4.78, 5) is 4.31. The van der Waals surface area contributed by atoms with Crippen LogP contribution in [0.4, 0.5) is 0 Å². The number of halogens is 1. The summed E-state index contributed by atoms with van der Waals surface area (Å²) < 4.78 is 8.07. The highest BCUT2D eigenvalue weighted by atomic mass is 127. The zero-order chi connectivity index (χ0) is 17.6. The molecule has 0 saturated carbocycles. The Balaban J connectivity index is 0.00000312. The lowest BCUT2D eigenvalue weighted by Gasteiger charge is -2.40. The van der Waals surface area contributed by atoms with Gasteiger partial charge >= 0.3 is 0 Å². The van der Waals surface area contributed by atoms with E-state index in [4.69, 9.17) is 4.74 Å². The number of rotatable bonds is 5. The van der Waals surface area contributed by atoms with E-state index in [0.717, 1.165) is 37.9 Å². The lowest BCUT2D eigenvalue weighted by Crippen LogP contribution is -2.47. The highest BCUT2D eigenvalue weighted by Crippen LogP contribution is 2.33. The van der Waals surface area contributed by atoms with Crippen LogP contribution in [0.1, 0.15) is 46.4 Å². The number of aryl methyl sites for hydroxylation is 1. The molecule has 144 valence electrons. The number of hydrogen-bond donors (Lipinski definition) is 2. The monoisotopic (exact) mass is 464 g/mol. The van der Waals surface area contributed by atoms with Crippen LogP contribution in [0, 0.1) is 11.3 Å². The molecule has 0 spiro atoms. The number of aliphatic imine (C=N–C) groups is 1. The van der Waals surface area contributed by atoms with E-state index >= 15 is 0 Å². The first-order valence-electron chi connectivity index (χ1n) is 8.88. The molecule has 0 aromatic carbocycles. The number of nitrogens with zero attached hydrogens (tertiary/aromatic N) is 4. The third-order valence-corrected chi connectivity index (χ3v) is 4.50. The first kappa shape index (κ1) is 22.1. The van der Waals surface area contributed by atoms with Gasteiger partial charge in [-0.25, -0.2) is 0 Å². The molecule has 0 aliphatic carbocycles. The predicted molar refractivity (Wildman–Crippen MR) is 111 cm³/mol. The van der Waals surface area contributed by atoms with E-state index in [1.807, 2.05) is 4.57 Å². The Morgan fingerprint density at radius 3 is 2.80 bits per heavy atom. The van der Waals surface area contributed by atoms with Gasteiger partial charge in [-0.3, -0.25) is 4.99 Å². The van der Waals surface area contributed by atoms with Crippen LogP contribution in [-0.2, 0) is 17.8 Å². The van der Waals surface area contributed by atoms with E-state index in [-0.39, 0.29) is 35.5 Å². The van der Waals surface area contributed by atoms with Crippen LogP contribution >= 0.6 is 24.0 Å². The Hall–Kier alpha value is -0.900. The van der Waals surface area contributed by atoms with Crippen molar-refractivity contribution in [1.82, 2.24) is 25.4 Å². The van der Waals surface area contributed by atoms with Gasteiger partial charge in [0.05, 0.1) is 12.6 Å². The lowest BCUT2D eigenvalue weighted by molar-refractivity contribution is -0.0835. The summed E-state index contributed by atoms with van der Waals surface area (Å²) >= 11 is 0. The Kier molecular flexibility index (Phi) is 9.12. The van der Waals surface area contributed by atoms with Crippen LogP contribution in [0.25, 0.3) is 0 Å². The lowest BCUT2D eigenvalue weighted by atomic mass is 9.78. The molecule has 2 N–H and O–H groups in total. The molecule has 25 heavy (non-hydrogen) atoms. The summed E-state index contributed by atoms with van der Waals surface area (Å²) in [5.41, 5.74) is 0.154. The van der Waals surface area contributed by atoms with E-state index < -0.39 is 0 Å². The standard InChI is InChI=1S/C17H32N6O.HI/c1-6-23-12-21-22-14(23)11-20-16(18-5)19-10-13-8-7-9-24-15(13)17(2,3)4;/h12-13,15H,6-11H2,1-5H3,(H2,18,19,20);1H. The SMILES string of the molecule is CCn1cnnc1CNC(=NC)NCC1CCCOC1C(C)(C)C.I. The number of guanidine groups is 1. The molecule has 7 nitrogen and oxygen atoms in total. The third-order valence-electron chi connectivity index (χ3n) is 4.50. The zero-order valence-electron chi connectivity index (χ0n) is 16.1. The first-order valence-corrected chi connectivity index (χ1v) is 8.88. The number of aromatic nitrogens is 3. The van der Waals surface area contributed by atoms with Crippen LogP contribution in [0.5, 0.6) is 0 Å². The normalized spacial score (nSPS) is 21.6. The minimum absolute atomic E-state index is 0. The Bertz CT molecular complexity index is 539. The molecule has 1 saturated heterocycles. The van der Waals surface area contributed by atoms with Gasteiger partial charge in [-0.05, 0) is 25.2 Å². The number of hydrogen-bond acceptors (Lipinski definition) is 4. The van der Waals surface area contributed by atoms with Gasteiger partial charge in [-0.15, -0.1) is 34.2 Å². The molecule has 2 heterocycles. The van der Waals surface area contributed by atoms with Gasteiger partial charge in [0.25, 0.3) is 0 Å². The molecule has 0 bridgehead atoms. The predicted octanol–water partition coefficient (Wildman–Crippen LogP) is 2.42. The van der Waals surface area contributed by atoms with Crippen molar-refractivity contribution in [2.24, 2.45) is 16.3 Å². The summed E-state index contributed by atoms with van der Waals surface area (Å²) in [7, 11) is 1.79. The minimum Gasteiger partial charge on any atom is -0.377 e. The van der Waals surface area contributed by atoms with Crippen LogP contribution in [0.3, 0.4) is 0 Å². The summed E-state index contributed by atoms with van der Waals surface area (Å²) in [5, 5.41) is 14.8. The fourth-order valence-corrected chi connectivity index (χ4v) is 3.30. The summed E-state index contributed by atoms with van der Waals surface area (Å²) in [6.07, 6.45) is 4.35. The van der Waals surface area contributed by atoms with Gasteiger partial charge in [0.1, 0.15) is 6.33 Å². The molecule has 1 fully saturated rings. The highest BCUT2D eigenvalue weighted by molar-refractivity contribution is 14.0. The van der Waals surface area contributed by atoms with Crippen molar-refractivity contribution in [2.75, 3.05) is 20.2 Å². The molecular formula is C17H33IN6O. The maximum absolute atomic E-state index is 6.05. The first-order chi connectivity index (χ1) is 11.5. The van der Waals surface area contributed by atoms with Crippen molar-refractivity contribution in [3.05, 3.63) is 12.2 Å². The summed E-state index contributed by atoms with van der Waals surface area (Å²) in [6, 6.07) is 0. The summed E-state index contributed by atoms with van der Waals surface area (Å²) in [5.74, 6) is 2.20. The van der Waals surface area contributed by atoms with Gasteiger partial charge in [0, 0.05) is 32.7 Å². The minimum atomic E-state index is 0. The van der Waals surface area contributed by atoms with Crippen molar-refractivity contribution in [1.29, 1.82) is 0 Å².